The molecular weight excluding hydrogens is 204 g/mol. The summed E-state index contributed by atoms with van der Waals surface area (Å²) in [5, 5.41) is 3.46. The SMILES string of the molecule is CC1(C)CCC(NCCOCC(N)=O)CC1. The fraction of sp³-hybridized carbons (Fsp3) is 0.917. The molecule has 0 atom stereocenters. The van der Waals surface area contributed by atoms with Crippen molar-refractivity contribution >= 4 is 5.91 Å². The van der Waals surface area contributed by atoms with Gasteiger partial charge in [-0.1, -0.05) is 13.8 Å². The van der Waals surface area contributed by atoms with Gasteiger partial charge in [0.15, 0.2) is 0 Å². The number of rotatable bonds is 6. The zero-order chi connectivity index (χ0) is 12.0. The van der Waals surface area contributed by atoms with Crippen LogP contribution in [0.15, 0.2) is 0 Å². The summed E-state index contributed by atoms with van der Waals surface area (Å²) >= 11 is 0. The Labute approximate surface area is 97.9 Å². The Balaban J connectivity index is 2.00. The molecule has 1 aliphatic rings. The number of hydrogen-bond acceptors (Lipinski definition) is 3. The van der Waals surface area contributed by atoms with Crippen LogP contribution in [0.25, 0.3) is 0 Å². The van der Waals surface area contributed by atoms with Gasteiger partial charge >= 0.3 is 0 Å². The molecule has 4 heteroatoms. The van der Waals surface area contributed by atoms with Gasteiger partial charge in [-0.25, -0.2) is 0 Å². The van der Waals surface area contributed by atoms with Gasteiger partial charge in [0.2, 0.25) is 5.91 Å². The lowest BCUT2D eigenvalue weighted by atomic mass is 9.75. The third-order valence-electron chi connectivity index (χ3n) is 3.26. The maximum Gasteiger partial charge on any atom is 0.243 e. The van der Waals surface area contributed by atoms with Gasteiger partial charge in [0.05, 0.1) is 6.61 Å². The van der Waals surface area contributed by atoms with Crippen LogP contribution in [0.2, 0.25) is 0 Å². The molecule has 1 rings (SSSR count). The van der Waals surface area contributed by atoms with Crippen LogP contribution in [0, 0.1) is 5.41 Å². The molecule has 3 N–H and O–H groups in total. The third-order valence-corrected chi connectivity index (χ3v) is 3.26. The van der Waals surface area contributed by atoms with E-state index in [2.05, 4.69) is 19.2 Å². The summed E-state index contributed by atoms with van der Waals surface area (Å²) in [6, 6.07) is 0.616. The number of nitrogens with one attached hydrogen (secondary N) is 1. The second-order valence-electron chi connectivity index (χ2n) is 5.41. The highest BCUT2D eigenvalue weighted by atomic mass is 16.5. The molecule has 16 heavy (non-hydrogen) atoms. The van der Waals surface area contributed by atoms with Crippen molar-refractivity contribution in [2.45, 2.75) is 45.6 Å². The van der Waals surface area contributed by atoms with E-state index in [9.17, 15) is 4.79 Å². The topological polar surface area (TPSA) is 64.3 Å². The zero-order valence-electron chi connectivity index (χ0n) is 10.4. The molecule has 0 radical (unpaired) electrons. The molecule has 0 unspecified atom stereocenters. The number of nitrogens with two attached hydrogens (primary N) is 1. The molecule has 0 aromatic carbocycles. The van der Waals surface area contributed by atoms with Gasteiger partial charge in [0.1, 0.15) is 6.61 Å². The van der Waals surface area contributed by atoms with Crippen LogP contribution in [0.4, 0.5) is 0 Å². The van der Waals surface area contributed by atoms with Crippen LogP contribution in [0.5, 0.6) is 0 Å². The average molecular weight is 228 g/mol. The number of ether oxygens (including phenoxy) is 1. The van der Waals surface area contributed by atoms with E-state index in [0.717, 1.165) is 6.54 Å². The van der Waals surface area contributed by atoms with Crippen LogP contribution in [-0.2, 0) is 9.53 Å². The van der Waals surface area contributed by atoms with E-state index < -0.39 is 5.91 Å². The Bertz CT molecular complexity index is 219. The second kappa shape index (κ2) is 6.21. The summed E-state index contributed by atoms with van der Waals surface area (Å²) in [6.45, 7) is 6.05. The van der Waals surface area contributed by atoms with Crippen LogP contribution in [0.3, 0.4) is 0 Å². The van der Waals surface area contributed by atoms with Gasteiger partial charge in [-0.3, -0.25) is 4.79 Å². The quantitative estimate of drug-likeness (QED) is 0.668. The molecule has 1 fully saturated rings. The Morgan fingerprint density at radius 3 is 2.62 bits per heavy atom. The van der Waals surface area contributed by atoms with Gasteiger partial charge in [-0.05, 0) is 31.1 Å². The van der Waals surface area contributed by atoms with Crippen LogP contribution in [0.1, 0.15) is 39.5 Å². The van der Waals surface area contributed by atoms with Crippen LogP contribution >= 0.6 is 0 Å². The maximum absolute atomic E-state index is 10.4. The number of hydrogen-bond donors (Lipinski definition) is 2. The highest BCUT2D eigenvalue weighted by Gasteiger charge is 2.26. The van der Waals surface area contributed by atoms with Gasteiger partial charge in [-0.15, -0.1) is 0 Å². The smallest absolute Gasteiger partial charge is 0.243 e. The van der Waals surface area contributed by atoms with Crippen molar-refractivity contribution in [3.05, 3.63) is 0 Å². The van der Waals surface area contributed by atoms with Gasteiger partial charge in [0, 0.05) is 12.6 Å². The summed E-state index contributed by atoms with van der Waals surface area (Å²) in [7, 11) is 0. The van der Waals surface area contributed by atoms with E-state index in [1.807, 2.05) is 0 Å². The second-order valence-corrected chi connectivity index (χ2v) is 5.41. The predicted octanol–water partition coefficient (Wildman–Crippen LogP) is 1.05. The van der Waals surface area contributed by atoms with E-state index in [0.29, 0.717) is 18.1 Å². The Morgan fingerprint density at radius 1 is 1.44 bits per heavy atom. The molecule has 0 aromatic rings. The third kappa shape index (κ3) is 5.47. The summed E-state index contributed by atoms with van der Waals surface area (Å²) in [5.74, 6) is -0.403. The molecule has 4 nitrogen and oxygen atoms in total. The molecule has 1 saturated carbocycles. The lowest BCUT2D eigenvalue weighted by molar-refractivity contribution is -0.122. The van der Waals surface area contributed by atoms with Gasteiger partial charge in [0.25, 0.3) is 0 Å². The lowest BCUT2D eigenvalue weighted by Gasteiger charge is -2.34. The van der Waals surface area contributed by atoms with Gasteiger partial charge in [-0.2, -0.15) is 0 Å². The summed E-state index contributed by atoms with van der Waals surface area (Å²) < 4.78 is 5.09. The Hall–Kier alpha value is -0.610. The summed E-state index contributed by atoms with van der Waals surface area (Å²) in [5.41, 5.74) is 5.48. The molecule has 0 aromatic heterocycles. The molecule has 0 aliphatic heterocycles. The first-order valence-electron chi connectivity index (χ1n) is 6.09. The van der Waals surface area contributed by atoms with Crippen molar-refractivity contribution in [2.24, 2.45) is 11.1 Å². The molecule has 0 spiro atoms. The molecular formula is C12H24N2O2. The first-order chi connectivity index (χ1) is 7.49. The minimum Gasteiger partial charge on any atom is -0.370 e. The van der Waals surface area contributed by atoms with E-state index in [4.69, 9.17) is 10.5 Å². The van der Waals surface area contributed by atoms with Crippen LogP contribution in [-0.4, -0.2) is 31.7 Å². The van der Waals surface area contributed by atoms with Crippen molar-refractivity contribution in [1.82, 2.24) is 5.32 Å². The Kier molecular flexibility index (Phi) is 5.22. The molecule has 1 amide bonds. The average Bonchev–Trinajstić information content (AvgIpc) is 2.19. The minimum atomic E-state index is -0.403. The summed E-state index contributed by atoms with van der Waals surface area (Å²) in [6.07, 6.45) is 5.05. The van der Waals surface area contributed by atoms with Crippen molar-refractivity contribution < 1.29 is 9.53 Å². The van der Waals surface area contributed by atoms with E-state index in [1.54, 1.807) is 0 Å². The largest absolute Gasteiger partial charge is 0.370 e. The van der Waals surface area contributed by atoms with Gasteiger partial charge < -0.3 is 15.8 Å². The number of carbonyl (C=O) groups is 1. The fourth-order valence-electron chi connectivity index (χ4n) is 2.11. The first kappa shape index (κ1) is 13.5. The zero-order valence-corrected chi connectivity index (χ0v) is 10.4. The van der Waals surface area contributed by atoms with E-state index in [1.165, 1.54) is 25.7 Å². The predicted molar refractivity (Wildman–Crippen MR) is 64.1 cm³/mol. The van der Waals surface area contributed by atoms with Crippen molar-refractivity contribution in [3.63, 3.8) is 0 Å². The molecule has 94 valence electrons. The minimum absolute atomic E-state index is 0.0272. The fourth-order valence-corrected chi connectivity index (χ4v) is 2.11. The standard InChI is InChI=1S/C12H24N2O2/c1-12(2)5-3-10(4-6-12)14-7-8-16-9-11(13)15/h10,14H,3-9H2,1-2H3,(H2,13,15). The first-order valence-corrected chi connectivity index (χ1v) is 6.09. The lowest BCUT2D eigenvalue weighted by Crippen LogP contribution is -2.37. The molecule has 0 heterocycles. The normalized spacial score (nSPS) is 20.9. The van der Waals surface area contributed by atoms with Crippen molar-refractivity contribution in [1.29, 1.82) is 0 Å². The van der Waals surface area contributed by atoms with Crippen molar-refractivity contribution in [3.8, 4) is 0 Å². The van der Waals surface area contributed by atoms with E-state index >= 15 is 0 Å². The Morgan fingerprint density at radius 2 is 2.06 bits per heavy atom. The number of carbonyl (C=O) groups excluding carboxylic acids is 1. The highest BCUT2D eigenvalue weighted by molar-refractivity contribution is 5.74. The van der Waals surface area contributed by atoms with Crippen LogP contribution < -0.4 is 11.1 Å². The van der Waals surface area contributed by atoms with Crippen molar-refractivity contribution in [2.75, 3.05) is 19.8 Å². The number of amides is 1. The summed E-state index contributed by atoms with van der Waals surface area (Å²) in [4.78, 5) is 10.4. The molecule has 1 aliphatic carbocycles. The monoisotopic (exact) mass is 228 g/mol. The molecule has 0 saturated heterocycles. The van der Waals surface area contributed by atoms with E-state index in [-0.39, 0.29) is 6.61 Å². The maximum atomic E-state index is 10.4. The highest BCUT2D eigenvalue weighted by Crippen LogP contribution is 2.34. The number of primary amides is 1. The molecule has 0 bridgehead atoms.